The molecule has 2 saturated heterocycles. The molecule has 2 fully saturated rings. The van der Waals surface area contributed by atoms with Crippen LogP contribution in [-0.2, 0) is 10.0 Å². The van der Waals surface area contributed by atoms with Crippen molar-refractivity contribution in [3.05, 3.63) is 16.3 Å². The Morgan fingerprint density at radius 3 is 2.61 bits per heavy atom. The van der Waals surface area contributed by atoms with Crippen LogP contribution in [-0.4, -0.2) is 51.4 Å². The first-order valence-electron chi connectivity index (χ1n) is 7.65. The van der Waals surface area contributed by atoms with E-state index in [4.69, 9.17) is 0 Å². The average molecular weight is 380 g/mol. The molecule has 0 atom stereocenters. The number of sulfonamides is 1. The topological polar surface area (TPSA) is 78.5 Å². The Bertz CT molecular complexity index is 637. The molecule has 130 valence electrons. The lowest BCUT2D eigenvalue weighted by Gasteiger charge is -2.27. The van der Waals surface area contributed by atoms with Crippen LogP contribution in [0.25, 0.3) is 0 Å². The Kier molecular flexibility index (Phi) is 6.44. The molecule has 9 heteroatoms. The molecule has 0 aliphatic carbocycles. The lowest BCUT2D eigenvalue weighted by molar-refractivity contribution is 0.0943. The van der Waals surface area contributed by atoms with Gasteiger partial charge in [0.1, 0.15) is 9.77 Å². The van der Waals surface area contributed by atoms with Gasteiger partial charge in [-0.2, -0.15) is 4.31 Å². The summed E-state index contributed by atoms with van der Waals surface area (Å²) < 4.78 is 26.9. The predicted molar refractivity (Wildman–Crippen MR) is 92.9 cm³/mol. The van der Waals surface area contributed by atoms with Crippen molar-refractivity contribution in [2.45, 2.75) is 24.2 Å². The highest BCUT2D eigenvalue weighted by atomic mass is 35.5. The molecule has 1 amide bonds. The minimum atomic E-state index is -3.55. The molecular weight excluding hydrogens is 358 g/mol. The van der Waals surface area contributed by atoms with Crippen molar-refractivity contribution in [1.29, 1.82) is 0 Å². The highest BCUT2D eigenvalue weighted by Crippen LogP contribution is 2.27. The SMILES string of the molecule is Cl.O=C(NCC1CNC1)c1sccc1S(=O)(=O)N1CCCCC1. The molecule has 2 aliphatic rings. The standard InChI is InChI=1S/C14H21N3O3S2.ClH/c18-14(16-10-11-8-15-9-11)13-12(4-7-21-13)22(19,20)17-5-2-1-3-6-17;/h4,7,11,15H,1-3,5-6,8-10H2,(H,16,18);1H. The van der Waals surface area contributed by atoms with E-state index in [-0.39, 0.29) is 23.2 Å². The summed E-state index contributed by atoms with van der Waals surface area (Å²) >= 11 is 1.19. The van der Waals surface area contributed by atoms with Crippen molar-refractivity contribution in [3.63, 3.8) is 0 Å². The predicted octanol–water partition coefficient (Wildman–Crippen LogP) is 1.29. The first-order valence-corrected chi connectivity index (χ1v) is 9.97. The minimum absolute atomic E-state index is 0. The summed E-state index contributed by atoms with van der Waals surface area (Å²) in [4.78, 5) is 12.8. The summed E-state index contributed by atoms with van der Waals surface area (Å²) in [6.07, 6.45) is 2.84. The van der Waals surface area contributed by atoms with E-state index in [1.807, 2.05) is 0 Å². The molecule has 1 aromatic rings. The van der Waals surface area contributed by atoms with Crippen molar-refractivity contribution >= 4 is 39.7 Å². The fraction of sp³-hybridized carbons (Fsp3) is 0.643. The summed E-state index contributed by atoms with van der Waals surface area (Å²) in [5, 5.41) is 7.68. The Morgan fingerprint density at radius 2 is 2.00 bits per heavy atom. The van der Waals surface area contributed by atoms with Gasteiger partial charge in [0.2, 0.25) is 10.0 Å². The molecule has 0 aromatic carbocycles. The Morgan fingerprint density at radius 1 is 1.30 bits per heavy atom. The van der Waals surface area contributed by atoms with E-state index in [9.17, 15) is 13.2 Å². The maximum Gasteiger partial charge on any atom is 0.262 e. The number of carbonyl (C=O) groups is 1. The minimum Gasteiger partial charge on any atom is -0.351 e. The van der Waals surface area contributed by atoms with Gasteiger partial charge < -0.3 is 10.6 Å². The van der Waals surface area contributed by atoms with E-state index in [1.165, 1.54) is 15.6 Å². The number of halogens is 1. The van der Waals surface area contributed by atoms with Gasteiger partial charge in [-0.15, -0.1) is 23.7 Å². The number of nitrogens with zero attached hydrogens (tertiary/aromatic N) is 1. The Labute approximate surface area is 147 Å². The average Bonchev–Trinajstić information content (AvgIpc) is 2.96. The zero-order valence-corrected chi connectivity index (χ0v) is 15.2. The van der Waals surface area contributed by atoms with Gasteiger partial charge in [0.25, 0.3) is 5.91 Å². The number of amides is 1. The van der Waals surface area contributed by atoms with Gasteiger partial charge in [0, 0.05) is 38.6 Å². The molecule has 3 heterocycles. The Hall–Kier alpha value is -0.670. The summed E-state index contributed by atoms with van der Waals surface area (Å²) in [7, 11) is -3.55. The van der Waals surface area contributed by atoms with Gasteiger partial charge >= 0.3 is 0 Å². The smallest absolute Gasteiger partial charge is 0.262 e. The molecular formula is C14H22ClN3O3S2. The maximum absolute atomic E-state index is 12.7. The van der Waals surface area contributed by atoms with Crippen molar-refractivity contribution in [3.8, 4) is 0 Å². The number of carbonyl (C=O) groups excluding carboxylic acids is 1. The zero-order chi connectivity index (χ0) is 15.6. The monoisotopic (exact) mass is 379 g/mol. The second-order valence-electron chi connectivity index (χ2n) is 5.81. The molecule has 0 radical (unpaired) electrons. The molecule has 0 spiro atoms. The summed E-state index contributed by atoms with van der Waals surface area (Å²) in [5.41, 5.74) is 0. The first kappa shape index (κ1) is 18.7. The van der Waals surface area contributed by atoms with Gasteiger partial charge in [-0.3, -0.25) is 4.79 Å². The highest BCUT2D eigenvalue weighted by Gasteiger charge is 2.31. The van der Waals surface area contributed by atoms with Gasteiger partial charge in [-0.25, -0.2) is 8.42 Å². The summed E-state index contributed by atoms with van der Waals surface area (Å²) in [6.45, 7) is 3.50. The number of hydrogen-bond acceptors (Lipinski definition) is 5. The number of thiophene rings is 1. The summed E-state index contributed by atoms with van der Waals surface area (Å²) in [6, 6.07) is 1.55. The van der Waals surface area contributed by atoms with Crippen LogP contribution in [0.1, 0.15) is 28.9 Å². The fourth-order valence-electron chi connectivity index (χ4n) is 2.72. The van der Waals surface area contributed by atoms with Gasteiger partial charge in [0.05, 0.1) is 0 Å². The van der Waals surface area contributed by atoms with Crippen LogP contribution in [0.4, 0.5) is 0 Å². The van der Waals surface area contributed by atoms with E-state index in [0.29, 0.717) is 30.4 Å². The molecule has 1 aromatic heterocycles. The highest BCUT2D eigenvalue weighted by molar-refractivity contribution is 7.89. The third-order valence-electron chi connectivity index (χ3n) is 4.19. The number of hydrogen-bond donors (Lipinski definition) is 2. The summed E-state index contributed by atoms with van der Waals surface area (Å²) in [5.74, 6) is 0.170. The van der Waals surface area contributed by atoms with E-state index in [1.54, 1.807) is 11.4 Å². The fourth-order valence-corrected chi connectivity index (χ4v) is 5.55. The van der Waals surface area contributed by atoms with Crippen LogP contribution < -0.4 is 10.6 Å². The first-order chi connectivity index (χ1) is 10.6. The number of piperidine rings is 1. The molecule has 2 N–H and O–H groups in total. The zero-order valence-electron chi connectivity index (χ0n) is 12.8. The van der Waals surface area contributed by atoms with Gasteiger partial charge in [0.15, 0.2) is 0 Å². The molecule has 6 nitrogen and oxygen atoms in total. The van der Waals surface area contributed by atoms with Crippen molar-refractivity contribution in [2.24, 2.45) is 5.92 Å². The molecule has 2 aliphatic heterocycles. The lowest BCUT2D eigenvalue weighted by Crippen LogP contribution is -2.48. The molecule has 0 saturated carbocycles. The van der Waals surface area contributed by atoms with Gasteiger partial charge in [-0.05, 0) is 24.3 Å². The maximum atomic E-state index is 12.7. The second-order valence-corrected chi connectivity index (χ2v) is 8.64. The van der Waals surface area contributed by atoms with Crippen LogP contribution in [0.15, 0.2) is 16.3 Å². The normalized spacial score (nSPS) is 19.7. The van der Waals surface area contributed by atoms with Crippen molar-refractivity contribution < 1.29 is 13.2 Å². The van der Waals surface area contributed by atoms with Crippen LogP contribution in [0.3, 0.4) is 0 Å². The Balaban J connectivity index is 0.00000192. The molecule has 23 heavy (non-hydrogen) atoms. The third kappa shape index (κ3) is 4.06. The number of rotatable bonds is 5. The van der Waals surface area contributed by atoms with Crippen LogP contribution >= 0.6 is 23.7 Å². The van der Waals surface area contributed by atoms with E-state index >= 15 is 0 Å². The van der Waals surface area contributed by atoms with Crippen molar-refractivity contribution in [2.75, 3.05) is 32.7 Å². The van der Waals surface area contributed by atoms with Gasteiger partial charge in [-0.1, -0.05) is 6.42 Å². The second kappa shape index (κ2) is 7.94. The third-order valence-corrected chi connectivity index (χ3v) is 7.17. The van der Waals surface area contributed by atoms with Crippen LogP contribution in [0, 0.1) is 5.92 Å². The van der Waals surface area contributed by atoms with E-state index in [0.717, 1.165) is 32.4 Å². The van der Waals surface area contributed by atoms with Crippen LogP contribution in [0.2, 0.25) is 0 Å². The molecule has 0 unspecified atom stereocenters. The quantitative estimate of drug-likeness (QED) is 0.808. The lowest BCUT2D eigenvalue weighted by atomic mass is 10.0. The van der Waals surface area contributed by atoms with E-state index < -0.39 is 10.0 Å². The number of nitrogens with one attached hydrogen (secondary N) is 2. The molecule has 0 bridgehead atoms. The van der Waals surface area contributed by atoms with Crippen LogP contribution in [0.5, 0.6) is 0 Å². The largest absolute Gasteiger partial charge is 0.351 e. The molecule has 3 rings (SSSR count). The van der Waals surface area contributed by atoms with Crippen molar-refractivity contribution in [1.82, 2.24) is 14.9 Å². The van der Waals surface area contributed by atoms with E-state index in [2.05, 4.69) is 10.6 Å².